The number of fused-ring (bicyclic) bond motifs is 1. The molecule has 1 aromatic heterocycles. The van der Waals surface area contributed by atoms with Gasteiger partial charge in [0.2, 0.25) is 0 Å². The molecule has 0 aliphatic carbocycles. The summed E-state index contributed by atoms with van der Waals surface area (Å²) in [5.41, 5.74) is 3.23. The molecule has 2 aromatic carbocycles. The van der Waals surface area contributed by atoms with Crippen LogP contribution in [-0.4, -0.2) is 40.4 Å². The number of benzene rings is 2. The number of hydrogen-bond acceptors (Lipinski definition) is 4. The van der Waals surface area contributed by atoms with Gasteiger partial charge in [-0.05, 0) is 36.8 Å². The highest BCUT2D eigenvalue weighted by Crippen LogP contribution is 2.21. The van der Waals surface area contributed by atoms with Gasteiger partial charge in [-0.25, -0.2) is 4.68 Å². The van der Waals surface area contributed by atoms with Gasteiger partial charge in [0.25, 0.3) is 11.5 Å². The number of amides is 1. The molecule has 0 saturated heterocycles. The summed E-state index contributed by atoms with van der Waals surface area (Å²) in [6, 6.07) is 18.3. The van der Waals surface area contributed by atoms with Gasteiger partial charge in [-0.1, -0.05) is 24.3 Å². The summed E-state index contributed by atoms with van der Waals surface area (Å²) < 4.78 is 8.85. The molecule has 0 radical (unpaired) electrons. The van der Waals surface area contributed by atoms with Crippen molar-refractivity contribution < 1.29 is 9.53 Å². The van der Waals surface area contributed by atoms with Crippen LogP contribution in [0.5, 0.6) is 0 Å². The number of methoxy groups -OCH3 is 1. The van der Waals surface area contributed by atoms with Crippen LogP contribution >= 0.6 is 0 Å². The Morgan fingerprint density at radius 1 is 1.17 bits per heavy atom. The van der Waals surface area contributed by atoms with Gasteiger partial charge in [0.05, 0.1) is 42.7 Å². The van der Waals surface area contributed by atoms with Crippen LogP contribution in [0.4, 0.5) is 0 Å². The Hall–Kier alpha value is -3.63. The molecule has 0 N–H and O–H groups in total. The Kier molecular flexibility index (Phi) is 5.50. The summed E-state index contributed by atoms with van der Waals surface area (Å²) in [4.78, 5) is 28.0. The standard InChI is InChI=1S/C23H22N4O3/c1-30-13-12-26-21-16-25(22(28)18-7-5-6-17(14-18)15-24)11-10-20(21)23(29)27(26)19-8-3-2-4-9-19/h2-9,14H,10-13,16H2,1H3. The van der Waals surface area contributed by atoms with Crippen LogP contribution in [0.2, 0.25) is 0 Å². The molecule has 4 rings (SSSR count). The van der Waals surface area contributed by atoms with E-state index in [-0.39, 0.29) is 11.5 Å². The van der Waals surface area contributed by atoms with Crippen molar-refractivity contribution in [3.8, 4) is 11.8 Å². The van der Waals surface area contributed by atoms with Crippen molar-refractivity contribution in [1.29, 1.82) is 5.26 Å². The first-order valence-corrected chi connectivity index (χ1v) is 9.81. The van der Waals surface area contributed by atoms with Gasteiger partial charge in [-0.2, -0.15) is 5.26 Å². The minimum atomic E-state index is -0.143. The maximum Gasteiger partial charge on any atom is 0.274 e. The second-order valence-electron chi connectivity index (χ2n) is 7.16. The van der Waals surface area contributed by atoms with Crippen molar-refractivity contribution in [2.24, 2.45) is 0 Å². The number of hydrogen-bond donors (Lipinski definition) is 0. The molecule has 1 aliphatic rings. The Bertz CT molecular complexity index is 1170. The van der Waals surface area contributed by atoms with E-state index in [0.29, 0.717) is 43.8 Å². The monoisotopic (exact) mass is 402 g/mol. The Balaban J connectivity index is 1.73. The summed E-state index contributed by atoms with van der Waals surface area (Å²) in [5, 5.41) is 9.12. The zero-order chi connectivity index (χ0) is 21.1. The van der Waals surface area contributed by atoms with Gasteiger partial charge in [0.15, 0.2) is 0 Å². The average molecular weight is 402 g/mol. The SMILES string of the molecule is COCCn1c2c(c(=O)n1-c1ccccc1)CCN(C(=O)c1cccc(C#N)c1)C2. The van der Waals surface area contributed by atoms with Crippen LogP contribution < -0.4 is 5.56 Å². The zero-order valence-corrected chi connectivity index (χ0v) is 16.7. The van der Waals surface area contributed by atoms with Crippen molar-refractivity contribution in [2.45, 2.75) is 19.5 Å². The number of nitriles is 1. The lowest BCUT2D eigenvalue weighted by atomic mass is 10.1. The normalized spacial score (nSPS) is 13.0. The van der Waals surface area contributed by atoms with E-state index in [1.54, 1.807) is 41.0 Å². The third-order valence-electron chi connectivity index (χ3n) is 5.36. The maximum absolute atomic E-state index is 13.2. The zero-order valence-electron chi connectivity index (χ0n) is 16.7. The third kappa shape index (κ3) is 3.53. The van der Waals surface area contributed by atoms with E-state index in [4.69, 9.17) is 10.00 Å². The van der Waals surface area contributed by atoms with Crippen LogP contribution in [-0.2, 0) is 24.2 Å². The smallest absolute Gasteiger partial charge is 0.274 e. The molecular weight excluding hydrogens is 380 g/mol. The molecule has 0 spiro atoms. The van der Waals surface area contributed by atoms with Crippen molar-refractivity contribution in [3.05, 3.63) is 87.3 Å². The van der Waals surface area contributed by atoms with Crippen molar-refractivity contribution >= 4 is 5.91 Å². The predicted octanol–water partition coefficient (Wildman–Crippen LogP) is 2.36. The molecule has 0 atom stereocenters. The fourth-order valence-electron chi connectivity index (χ4n) is 3.89. The van der Waals surface area contributed by atoms with Crippen molar-refractivity contribution in [3.63, 3.8) is 0 Å². The molecule has 2 heterocycles. The highest BCUT2D eigenvalue weighted by molar-refractivity contribution is 5.94. The minimum Gasteiger partial charge on any atom is -0.383 e. The summed E-state index contributed by atoms with van der Waals surface area (Å²) in [6.45, 7) is 1.75. The first kappa shape index (κ1) is 19.7. The van der Waals surface area contributed by atoms with Crippen molar-refractivity contribution in [2.75, 3.05) is 20.3 Å². The second-order valence-corrected chi connectivity index (χ2v) is 7.16. The van der Waals surface area contributed by atoms with Crippen LogP contribution in [0.3, 0.4) is 0 Å². The van der Waals surface area contributed by atoms with Crippen LogP contribution in [0.1, 0.15) is 27.2 Å². The summed E-state index contributed by atoms with van der Waals surface area (Å²) in [6.07, 6.45) is 0.491. The lowest BCUT2D eigenvalue weighted by Gasteiger charge is -2.28. The third-order valence-corrected chi connectivity index (χ3v) is 5.36. The van der Waals surface area contributed by atoms with E-state index in [0.717, 1.165) is 16.9 Å². The number of rotatable bonds is 5. The highest BCUT2D eigenvalue weighted by atomic mass is 16.5. The molecule has 0 saturated carbocycles. The molecule has 3 aromatic rings. The number of aromatic nitrogens is 2. The van der Waals surface area contributed by atoms with Crippen LogP contribution in [0.25, 0.3) is 5.69 Å². The van der Waals surface area contributed by atoms with Crippen LogP contribution in [0.15, 0.2) is 59.4 Å². The average Bonchev–Trinajstić information content (AvgIpc) is 3.08. The molecular formula is C23H22N4O3. The Labute approximate surface area is 174 Å². The first-order valence-electron chi connectivity index (χ1n) is 9.81. The molecule has 1 amide bonds. The van der Waals surface area contributed by atoms with Gasteiger partial charge in [0, 0.05) is 24.8 Å². The molecule has 152 valence electrons. The fraction of sp³-hybridized carbons (Fsp3) is 0.261. The lowest BCUT2D eigenvalue weighted by Crippen LogP contribution is -2.37. The number of nitrogens with zero attached hydrogens (tertiary/aromatic N) is 4. The highest BCUT2D eigenvalue weighted by Gasteiger charge is 2.29. The first-order chi connectivity index (χ1) is 14.6. The number of carbonyl (C=O) groups excluding carboxylic acids is 1. The van der Waals surface area contributed by atoms with E-state index < -0.39 is 0 Å². The molecule has 0 bridgehead atoms. The second kappa shape index (κ2) is 8.39. The molecule has 7 heteroatoms. The van der Waals surface area contributed by atoms with Gasteiger partial charge < -0.3 is 9.64 Å². The molecule has 0 unspecified atom stereocenters. The van der Waals surface area contributed by atoms with Gasteiger partial charge in [-0.15, -0.1) is 0 Å². The molecule has 1 aliphatic heterocycles. The number of carbonyl (C=O) groups is 1. The number of ether oxygens (including phenoxy) is 1. The summed E-state index contributed by atoms with van der Waals surface area (Å²) >= 11 is 0. The predicted molar refractivity (Wildman–Crippen MR) is 112 cm³/mol. The van der Waals surface area contributed by atoms with Crippen molar-refractivity contribution in [1.82, 2.24) is 14.3 Å². The topological polar surface area (TPSA) is 80.3 Å². The number of para-hydroxylation sites is 1. The van der Waals surface area contributed by atoms with E-state index in [9.17, 15) is 9.59 Å². The van der Waals surface area contributed by atoms with E-state index in [2.05, 4.69) is 6.07 Å². The molecule has 30 heavy (non-hydrogen) atoms. The summed E-state index contributed by atoms with van der Waals surface area (Å²) in [7, 11) is 1.62. The largest absolute Gasteiger partial charge is 0.383 e. The Morgan fingerprint density at radius 3 is 2.70 bits per heavy atom. The quantitative estimate of drug-likeness (QED) is 0.656. The van der Waals surface area contributed by atoms with E-state index >= 15 is 0 Å². The van der Waals surface area contributed by atoms with E-state index in [1.165, 1.54) is 0 Å². The Morgan fingerprint density at radius 2 is 1.97 bits per heavy atom. The van der Waals surface area contributed by atoms with Gasteiger partial charge in [0.1, 0.15) is 0 Å². The lowest BCUT2D eigenvalue weighted by molar-refractivity contribution is 0.0727. The van der Waals surface area contributed by atoms with Gasteiger partial charge >= 0.3 is 0 Å². The molecule has 0 fully saturated rings. The van der Waals surface area contributed by atoms with Gasteiger partial charge in [-0.3, -0.25) is 14.3 Å². The molecule has 7 nitrogen and oxygen atoms in total. The minimum absolute atomic E-state index is 0.0501. The maximum atomic E-state index is 13.2. The summed E-state index contributed by atoms with van der Waals surface area (Å²) in [5.74, 6) is -0.143. The fourth-order valence-corrected chi connectivity index (χ4v) is 3.89. The van der Waals surface area contributed by atoms with E-state index in [1.807, 2.05) is 35.0 Å². The van der Waals surface area contributed by atoms with Crippen LogP contribution in [0, 0.1) is 11.3 Å².